The van der Waals surface area contributed by atoms with E-state index in [4.69, 9.17) is 14.3 Å². The number of oxime groups is 1. The molecular formula is C23H24FNO4. The zero-order valence-corrected chi connectivity index (χ0v) is 16.7. The molecule has 0 unspecified atom stereocenters. The van der Waals surface area contributed by atoms with Gasteiger partial charge in [-0.1, -0.05) is 59.8 Å². The van der Waals surface area contributed by atoms with Crippen molar-refractivity contribution in [2.45, 2.75) is 20.2 Å². The van der Waals surface area contributed by atoms with E-state index in [2.05, 4.69) is 5.16 Å². The van der Waals surface area contributed by atoms with Crippen molar-refractivity contribution in [1.82, 2.24) is 0 Å². The maximum atomic E-state index is 12.5. The summed E-state index contributed by atoms with van der Waals surface area (Å²) in [7, 11) is 2.78. The van der Waals surface area contributed by atoms with Crippen LogP contribution in [0.1, 0.15) is 29.2 Å². The molecule has 0 bridgehead atoms. The van der Waals surface area contributed by atoms with Gasteiger partial charge in [-0.25, -0.2) is 9.18 Å². The van der Waals surface area contributed by atoms with Crippen LogP contribution in [0, 0.1) is 0 Å². The van der Waals surface area contributed by atoms with Gasteiger partial charge in [0.15, 0.2) is 0 Å². The summed E-state index contributed by atoms with van der Waals surface area (Å²) in [5.41, 5.74) is 3.96. The van der Waals surface area contributed by atoms with Crippen LogP contribution in [0.4, 0.5) is 4.39 Å². The quantitative estimate of drug-likeness (QED) is 0.198. The predicted octanol–water partition coefficient (Wildman–Crippen LogP) is 4.92. The van der Waals surface area contributed by atoms with E-state index in [1.807, 2.05) is 43.3 Å². The molecule has 152 valence electrons. The van der Waals surface area contributed by atoms with Crippen LogP contribution in [0.3, 0.4) is 0 Å². The number of hydrogen-bond donors (Lipinski definition) is 0. The maximum absolute atomic E-state index is 12.5. The summed E-state index contributed by atoms with van der Waals surface area (Å²) in [6.45, 7) is 1.50. The van der Waals surface area contributed by atoms with Crippen molar-refractivity contribution in [1.29, 1.82) is 0 Å². The molecule has 2 rings (SSSR count). The highest BCUT2D eigenvalue weighted by Crippen LogP contribution is 2.21. The minimum absolute atomic E-state index is 0.171. The fourth-order valence-corrected chi connectivity index (χ4v) is 2.53. The lowest BCUT2D eigenvalue weighted by Gasteiger charge is -2.10. The lowest BCUT2D eigenvalue weighted by Crippen LogP contribution is -2.07. The van der Waals surface area contributed by atoms with Gasteiger partial charge in [0.2, 0.25) is 0 Å². The molecule has 0 atom stereocenters. The molecule has 2 aromatic carbocycles. The van der Waals surface area contributed by atoms with E-state index in [0.717, 1.165) is 11.1 Å². The van der Waals surface area contributed by atoms with E-state index in [1.54, 1.807) is 24.3 Å². The Balaban J connectivity index is 2.06. The first-order valence-corrected chi connectivity index (χ1v) is 8.98. The number of methoxy groups -OCH3 is 2. The predicted molar refractivity (Wildman–Crippen MR) is 112 cm³/mol. The number of allylic oxidation sites excluding steroid dienone is 1. The van der Waals surface area contributed by atoms with Crippen LogP contribution < -0.4 is 0 Å². The van der Waals surface area contributed by atoms with E-state index in [1.165, 1.54) is 20.5 Å². The minimum Gasteiger partial charge on any atom is -0.503 e. The molecule has 29 heavy (non-hydrogen) atoms. The number of esters is 1. The molecule has 6 heteroatoms. The zero-order valence-electron chi connectivity index (χ0n) is 16.7. The molecular weight excluding hydrogens is 373 g/mol. The standard InChI is InChI=1S/C23H24FNO4/c1-17(8-9-18-10-12-19(14-24)13-11-18)25-29-15-20-6-4-5-7-21(20)22(16-27-2)23(26)28-3/h4-13,16H,14-15H2,1-3H3/b9-8+,22-16-,25-17+. The first-order valence-electron chi connectivity index (χ1n) is 8.98. The van der Waals surface area contributed by atoms with E-state index in [-0.39, 0.29) is 6.61 Å². The number of hydrogen-bond acceptors (Lipinski definition) is 5. The van der Waals surface area contributed by atoms with E-state index in [9.17, 15) is 9.18 Å². The number of ether oxygens (including phenoxy) is 2. The average molecular weight is 397 g/mol. The Hall–Kier alpha value is -3.41. The smallest absolute Gasteiger partial charge is 0.341 e. The molecule has 0 spiro atoms. The Labute approximate surface area is 170 Å². The Bertz CT molecular complexity index is 901. The lowest BCUT2D eigenvalue weighted by molar-refractivity contribution is -0.133. The summed E-state index contributed by atoms with van der Waals surface area (Å²) >= 11 is 0. The third-order valence-corrected chi connectivity index (χ3v) is 4.03. The molecule has 2 aromatic rings. The van der Waals surface area contributed by atoms with Crippen LogP contribution in [0.25, 0.3) is 11.6 Å². The number of nitrogens with zero attached hydrogens (tertiary/aromatic N) is 1. The number of alkyl halides is 1. The number of halogens is 1. The van der Waals surface area contributed by atoms with Gasteiger partial charge in [-0.3, -0.25) is 0 Å². The normalized spacial score (nSPS) is 12.1. The molecule has 0 saturated heterocycles. The average Bonchev–Trinajstić information content (AvgIpc) is 2.76. The Morgan fingerprint density at radius 2 is 1.83 bits per heavy atom. The molecule has 0 aliphatic rings. The largest absolute Gasteiger partial charge is 0.503 e. The first kappa shape index (κ1) is 21.9. The van der Waals surface area contributed by atoms with E-state index < -0.39 is 12.6 Å². The highest BCUT2D eigenvalue weighted by molar-refractivity contribution is 6.16. The fourth-order valence-electron chi connectivity index (χ4n) is 2.53. The first-order chi connectivity index (χ1) is 14.1. The zero-order chi connectivity index (χ0) is 21.1. The number of carbonyl (C=O) groups excluding carboxylic acids is 1. The summed E-state index contributed by atoms with van der Waals surface area (Å²) in [6.07, 6.45) is 5.02. The molecule has 0 amide bonds. The van der Waals surface area contributed by atoms with Crippen LogP contribution in [-0.4, -0.2) is 25.9 Å². The second kappa shape index (κ2) is 11.4. The van der Waals surface area contributed by atoms with Crippen molar-refractivity contribution in [2.24, 2.45) is 5.16 Å². The number of rotatable bonds is 9. The third-order valence-electron chi connectivity index (χ3n) is 4.03. The van der Waals surface area contributed by atoms with Crippen molar-refractivity contribution in [3.05, 3.63) is 83.1 Å². The second-order valence-electron chi connectivity index (χ2n) is 6.13. The van der Waals surface area contributed by atoms with Gasteiger partial charge in [0.25, 0.3) is 0 Å². The SMILES string of the molecule is CO/C=C(\C(=O)OC)c1ccccc1CO/N=C(C)/C=C/c1ccc(CF)cc1. The molecule has 5 nitrogen and oxygen atoms in total. The Kier molecular flexibility index (Phi) is 8.63. The summed E-state index contributed by atoms with van der Waals surface area (Å²) < 4.78 is 22.4. The highest BCUT2D eigenvalue weighted by Gasteiger charge is 2.16. The van der Waals surface area contributed by atoms with Crippen molar-refractivity contribution in [3.8, 4) is 0 Å². The highest BCUT2D eigenvalue weighted by atomic mass is 19.1. The lowest BCUT2D eigenvalue weighted by atomic mass is 10.0. The van der Waals surface area contributed by atoms with Gasteiger partial charge in [0, 0.05) is 5.56 Å². The summed E-state index contributed by atoms with van der Waals surface area (Å²) in [5, 5.41) is 4.08. The number of carbonyl (C=O) groups is 1. The van der Waals surface area contributed by atoms with Gasteiger partial charge in [0.1, 0.15) is 18.9 Å². The Morgan fingerprint density at radius 1 is 1.10 bits per heavy atom. The molecule has 0 aliphatic heterocycles. The molecule has 0 saturated carbocycles. The topological polar surface area (TPSA) is 57.1 Å². The van der Waals surface area contributed by atoms with Crippen molar-refractivity contribution in [2.75, 3.05) is 14.2 Å². The van der Waals surface area contributed by atoms with E-state index >= 15 is 0 Å². The van der Waals surface area contributed by atoms with Crippen LogP contribution in [-0.2, 0) is 32.4 Å². The van der Waals surface area contributed by atoms with Gasteiger partial charge in [-0.05, 0) is 29.7 Å². The van der Waals surface area contributed by atoms with Gasteiger partial charge in [-0.2, -0.15) is 0 Å². The Morgan fingerprint density at radius 3 is 2.48 bits per heavy atom. The van der Waals surface area contributed by atoms with Crippen LogP contribution in [0.15, 0.2) is 66.0 Å². The molecule has 0 N–H and O–H groups in total. The van der Waals surface area contributed by atoms with Crippen molar-refractivity contribution in [3.63, 3.8) is 0 Å². The summed E-state index contributed by atoms with van der Waals surface area (Å²) in [4.78, 5) is 17.5. The van der Waals surface area contributed by atoms with Crippen molar-refractivity contribution < 1.29 is 23.5 Å². The van der Waals surface area contributed by atoms with Crippen LogP contribution >= 0.6 is 0 Å². The van der Waals surface area contributed by atoms with Gasteiger partial charge in [0.05, 0.1) is 26.2 Å². The minimum atomic E-state index is -0.499. The van der Waals surface area contributed by atoms with Gasteiger partial charge >= 0.3 is 5.97 Å². The van der Waals surface area contributed by atoms with Crippen LogP contribution in [0.5, 0.6) is 0 Å². The molecule has 0 fully saturated rings. The van der Waals surface area contributed by atoms with Gasteiger partial charge < -0.3 is 14.3 Å². The molecule has 0 radical (unpaired) electrons. The number of benzene rings is 2. The summed E-state index contributed by atoms with van der Waals surface area (Å²) in [6, 6.07) is 14.5. The molecule has 0 aliphatic carbocycles. The second-order valence-corrected chi connectivity index (χ2v) is 6.13. The third kappa shape index (κ3) is 6.60. The molecule has 0 aromatic heterocycles. The molecule has 0 heterocycles. The van der Waals surface area contributed by atoms with Crippen LogP contribution in [0.2, 0.25) is 0 Å². The van der Waals surface area contributed by atoms with Gasteiger partial charge in [-0.15, -0.1) is 0 Å². The monoisotopic (exact) mass is 397 g/mol. The maximum Gasteiger partial charge on any atom is 0.341 e. The van der Waals surface area contributed by atoms with Crippen molar-refractivity contribution >= 4 is 23.3 Å². The van der Waals surface area contributed by atoms with E-state index in [0.29, 0.717) is 22.4 Å². The summed E-state index contributed by atoms with van der Waals surface area (Å²) in [5.74, 6) is -0.499. The fraction of sp³-hybridized carbons (Fsp3) is 0.217.